The molecule has 0 aromatic carbocycles. The molecular weight excluding hydrogens is 220 g/mol. The lowest BCUT2D eigenvalue weighted by Gasteiger charge is -2.23. The fourth-order valence-electron chi connectivity index (χ4n) is 1.89. The third-order valence-corrected chi connectivity index (χ3v) is 2.58. The quantitative estimate of drug-likeness (QED) is 0.690. The molecule has 0 amide bonds. The summed E-state index contributed by atoms with van der Waals surface area (Å²) in [4.78, 5) is 0. The van der Waals surface area contributed by atoms with E-state index in [1.54, 1.807) is 13.8 Å². The van der Waals surface area contributed by atoms with Gasteiger partial charge < -0.3 is 19.7 Å². The SMILES string of the molecule is C#CC[C@@H](O)[C@H]1OC(C)(C)O[C@@H]1[C@H](O)CC#C. The van der Waals surface area contributed by atoms with E-state index in [0.29, 0.717) is 0 Å². The van der Waals surface area contributed by atoms with E-state index in [9.17, 15) is 10.2 Å². The second-order valence-corrected chi connectivity index (χ2v) is 4.52. The predicted molar refractivity (Wildman–Crippen MR) is 62.7 cm³/mol. The highest BCUT2D eigenvalue weighted by Gasteiger charge is 2.47. The lowest BCUT2D eigenvalue weighted by molar-refractivity contribution is -0.160. The molecule has 17 heavy (non-hydrogen) atoms. The van der Waals surface area contributed by atoms with Crippen LogP contribution < -0.4 is 0 Å². The standard InChI is InChI=1S/C13H18O4/c1-5-7-9(14)11-12(10(15)8-6-2)17-13(3,4)16-11/h1-2,9-12,14-15H,7-8H2,3-4H3/t9-,10-,11-,12-/m1/s1. The molecule has 0 unspecified atom stereocenters. The lowest BCUT2D eigenvalue weighted by atomic mass is 9.99. The van der Waals surface area contributed by atoms with Crippen LogP contribution in [0, 0.1) is 24.7 Å². The first-order valence-corrected chi connectivity index (χ1v) is 5.50. The van der Waals surface area contributed by atoms with Gasteiger partial charge in [0.2, 0.25) is 0 Å². The molecule has 1 heterocycles. The second-order valence-electron chi connectivity index (χ2n) is 4.52. The number of aliphatic hydroxyl groups excluding tert-OH is 2. The first kappa shape index (κ1) is 14.0. The van der Waals surface area contributed by atoms with Crippen molar-refractivity contribution in [2.75, 3.05) is 0 Å². The van der Waals surface area contributed by atoms with Crippen LogP contribution in [0.5, 0.6) is 0 Å². The van der Waals surface area contributed by atoms with Crippen LogP contribution in [0.15, 0.2) is 0 Å². The van der Waals surface area contributed by atoms with Gasteiger partial charge in [-0.2, -0.15) is 0 Å². The topological polar surface area (TPSA) is 58.9 Å². The van der Waals surface area contributed by atoms with Crippen molar-refractivity contribution in [3.05, 3.63) is 0 Å². The van der Waals surface area contributed by atoms with Gasteiger partial charge in [-0.25, -0.2) is 0 Å². The van der Waals surface area contributed by atoms with Gasteiger partial charge in [-0.15, -0.1) is 24.7 Å². The van der Waals surface area contributed by atoms with Crippen molar-refractivity contribution in [2.45, 2.75) is 56.9 Å². The van der Waals surface area contributed by atoms with Gasteiger partial charge in [0, 0.05) is 12.8 Å². The summed E-state index contributed by atoms with van der Waals surface area (Å²) in [5.41, 5.74) is 0. The number of ether oxygens (including phenoxy) is 2. The molecule has 0 aromatic rings. The zero-order valence-electron chi connectivity index (χ0n) is 10.1. The number of terminal acetylenes is 2. The van der Waals surface area contributed by atoms with Crippen LogP contribution in [-0.2, 0) is 9.47 Å². The highest BCUT2D eigenvalue weighted by Crippen LogP contribution is 2.33. The zero-order chi connectivity index (χ0) is 13.1. The van der Waals surface area contributed by atoms with Crippen molar-refractivity contribution in [1.82, 2.24) is 0 Å². The summed E-state index contributed by atoms with van der Waals surface area (Å²) in [5.74, 6) is 3.85. The largest absolute Gasteiger partial charge is 0.389 e. The molecule has 0 spiro atoms. The van der Waals surface area contributed by atoms with Gasteiger partial charge in [0.05, 0.1) is 12.2 Å². The van der Waals surface area contributed by atoms with Crippen molar-refractivity contribution in [1.29, 1.82) is 0 Å². The van der Waals surface area contributed by atoms with E-state index in [2.05, 4.69) is 11.8 Å². The fraction of sp³-hybridized carbons (Fsp3) is 0.692. The van der Waals surface area contributed by atoms with Crippen molar-refractivity contribution >= 4 is 0 Å². The average molecular weight is 238 g/mol. The minimum absolute atomic E-state index is 0.142. The number of hydrogen-bond acceptors (Lipinski definition) is 4. The van der Waals surface area contributed by atoms with Gasteiger partial charge in [0.1, 0.15) is 12.2 Å². The van der Waals surface area contributed by atoms with Crippen LogP contribution in [0.1, 0.15) is 26.7 Å². The Labute approximate surface area is 102 Å². The maximum absolute atomic E-state index is 9.86. The molecular formula is C13H18O4. The lowest BCUT2D eigenvalue weighted by Crippen LogP contribution is -2.42. The summed E-state index contributed by atoms with van der Waals surface area (Å²) in [6.45, 7) is 3.43. The van der Waals surface area contributed by atoms with Crippen molar-refractivity contribution in [2.24, 2.45) is 0 Å². The van der Waals surface area contributed by atoms with Crippen LogP contribution in [-0.4, -0.2) is 40.4 Å². The average Bonchev–Trinajstić information content (AvgIpc) is 2.55. The Balaban J connectivity index is 2.78. The molecule has 1 saturated heterocycles. The molecule has 1 rings (SSSR count). The minimum Gasteiger partial charge on any atom is -0.389 e. The molecule has 2 N–H and O–H groups in total. The summed E-state index contributed by atoms with van der Waals surface area (Å²) in [6.07, 6.45) is 7.50. The van der Waals surface area contributed by atoms with E-state index in [1.807, 2.05) is 0 Å². The van der Waals surface area contributed by atoms with Crippen LogP contribution in [0.2, 0.25) is 0 Å². The van der Waals surface area contributed by atoms with E-state index < -0.39 is 30.2 Å². The highest BCUT2D eigenvalue weighted by atomic mass is 16.8. The van der Waals surface area contributed by atoms with E-state index in [4.69, 9.17) is 22.3 Å². The summed E-state index contributed by atoms with van der Waals surface area (Å²) in [6, 6.07) is 0. The fourth-order valence-corrected chi connectivity index (χ4v) is 1.89. The molecule has 0 saturated carbocycles. The smallest absolute Gasteiger partial charge is 0.164 e. The maximum atomic E-state index is 9.86. The molecule has 1 aliphatic rings. The first-order chi connectivity index (χ1) is 7.91. The maximum Gasteiger partial charge on any atom is 0.164 e. The Morgan fingerprint density at radius 1 is 1.06 bits per heavy atom. The van der Waals surface area contributed by atoms with E-state index in [0.717, 1.165) is 0 Å². The van der Waals surface area contributed by atoms with Gasteiger partial charge in [0.15, 0.2) is 5.79 Å². The molecule has 4 atom stereocenters. The zero-order valence-corrected chi connectivity index (χ0v) is 10.1. The van der Waals surface area contributed by atoms with Crippen molar-refractivity contribution in [3.8, 4) is 24.7 Å². The van der Waals surface area contributed by atoms with Crippen molar-refractivity contribution < 1.29 is 19.7 Å². The number of hydrogen-bond donors (Lipinski definition) is 2. The second kappa shape index (κ2) is 5.53. The summed E-state index contributed by atoms with van der Waals surface area (Å²) >= 11 is 0. The van der Waals surface area contributed by atoms with Crippen LogP contribution in [0.3, 0.4) is 0 Å². The van der Waals surface area contributed by atoms with Crippen molar-refractivity contribution in [3.63, 3.8) is 0 Å². The molecule has 1 fully saturated rings. The van der Waals surface area contributed by atoms with E-state index in [-0.39, 0.29) is 12.8 Å². The Morgan fingerprint density at radius 2 is 1.41 bits per heavy atom. The molecule has 0 aliphatic carbocycles. The molecule has 0 radical (unpaired) electrons. The third kappa shape index (κ3) is 3.46. The summed E-state index contributed by atoms with van der Waals surface area (Å²) < 4.78 is 11.1. The number of aliphatic hydroxyl groups is 2. The molecule has 0 aromatic heterocycles. The van der Waals surface area contributed by atoms with E-state index >= 15 is 0 Å². The Morgan fingerprint density at radius 3 is 1.71 bits per heavy atom. The predicted octanol–water partition coefficient (Wildman–Crippen LogP) is 0.275. The van der Waals surface area contributed by atoms with Crippen LogP contribution in [0.25, 0.3) is 0 Å². The molecule has 4 nitrogen and oxygen atoms in total. The van der Waals surface area contributed by atoms with Gasteiger partial charge in [-0.05, 0) is 13.8 Å². The van der Waals surface area contributed by atoms with E-state index in [1.165, 1.54) is 0 Å². The Kier molecular flexibility index (Phi) is 4.56. The Bertz CT molecular complexity index is 304. The minimum atomic E-state index is -0.876. The highest BCUT2D eigenvalue weighted by molar-refractivity contribution is 4.99. The summed E-state index contributed by atoms with van der Waals surface area (Å²) in [7, 11) is 0. The summed E-state index contributed by atoms with van der Waals surface area (Å²) in [5, 5.41) is 19.7. The molecule has 0 bridgehead atoms. The molecule has 4 heteroatoms. The Hall–Kier alpha value is -1.04. The normalized spacial score (nSPS) is 30.2. The van der Waals surface area contributed by atoms with Gasteiger partial charge in [-0.1, -0.05) is 0 Å². The van der Waals surface area contributed by atoms with Crippen LogP contribution >= 0.6 is 0 Å². The van der Waals surface area contributed by atoms with Crippen LogP contribution in [0.4, 0.5) is 0 Å². The molecule has 1 aliphatic heterocycles. The monoisotopic (exact) mass is 238 g/mol. The first-order valence-electron chi connectivity index (χ1n) is 5.50. The van der Waals surface area contributed by atoms with Gasteiger partial charge in [0.25, 0.3) is 0 Å². The third-order valence-electron chi connectivity index (χ3n) is 2.58. The number of rotatable bonds is 4. The van der Waals surface area contributed by atoms with Gasteiger partial charge in [-0.3, -0.25) is 0 Å². The molecule has 94 valence electrons. The van der Waals surface area contributed by atoms with Gasteiger partial charge >= 0.3 is 0 Å².